The molecule has 1 aliphatic rings. The van der Waals surface area contributed by atoms with Gasteiger partial charge in [-0.05, 0) is 47.4 Å². The van der Waals surface area contributed by atoms with Crippen LogP contribution in [0.3, 0.4) is 0 Å². The van der Waals surface area contributed by atoms with Crippen molar-refractivity contribution in [2.45, 2.75) is 25.5 Å². The molecule has 3 rings (SSSR count). The highest BCUT2D eigenvalue weighted by atomic mass is 32.1. The summed E-state index contributed by atoms with van der Waals surface area (Å²) in [6.07, 6.45) is 0.393. The van der Waals surface area contributed by atoms with Crippen LogP contribution in [0.25, 0.3) is 0 Å². The van der Waals surface area contributed by atoms with Gasteiger partial charge in [-0.25, -0.2) is 4.79 Å². The first kappa shape index (κ1) is 16.8. The van der Waals surface area contributed by atoms with Crippen molar-refractivity contribution in [3.63, 3.8) is 0 Å². The van der Waals surface area contributed by atoms with Gasteiger partial charge in [0.2, 0.25) is 0 Å². The van der Waals surface area contributed by atoms with Gasteiger partial charge >= 0.3 is 6.03 Å². The van der Waals surface area contributed by atoms with Gasteiger partial charge in [-0.1, -0.05) is 18.2 Å². The summed E-state index contributed by atoms with van der Waals surface area (Å²) in [5.41, 5.74) is 3.47. The molecule has 0 aliphatic carbocycles. The molecule has 1 aliphatic heterocycles. The second-order valence-electron chi connectivity index (χ2n) is 6.08. The molecule has 0 radical (unpaired) electrons. The first-order chi connectivity index (χ1) is 11.6. The summed E-state index contributed by atoms with van der Waals surface area (Å²) in [4.78, 5) is 14.3. The number of benzene rings is 1. The molecule has 0 bridgehead atoms. The standard InChI is InChI=1S/C18H23N3O2S/c1-13(21-8-6-14-4-2-3-5-16(14)21)10-19-18(23)20-11-17(22)15-7-9-24-12-15/h2-5,7,9,12-13,17,22H,6,8,10-11H2,1H3,(H2,19,20,23). The number of rotatable bonds is 6. The Balaban J connectivity index is 1.43. The van der Waals surface area contributed by atoms with Crippen LogP contribution in [0.4, 0.5) is 10.5 Å². The Kier molecular flexibility index (Phi) is 5.37. The molecule has 2 aromatic rings. The maximum absolute atomic E-state index is 11.9. The molecule has 0 saturated heterocycles. The fourth-order valence-electron chi connectivity index (χ4n) is 3.01. The molecule has 1 aromatic carbocycles. The van der Waals surface area contributed by atoms with E-state index in [1.54, 1.807) is 0 Å². The molecule has 1 aromatic heterocycles. The monoisotopic (exact) mass is 345 g/mol. The molecule has 2 unspecified atom stereocenters. The molecule has 24 heavy (non-hydrogen) atoms. The highest BCUT2D eigenvalue weighted by molar-refractivity contribution is 7.07. The first-order valence-corrected chi connectivity index (χ1v) is 9.16. The Labute approximate surface area is 146 Å². The van der Waals surface area contributed by atoms with E-state index in [2.05, 4.69) is 46.7 Å². The van der Waals surface area contributed by atoms with Crippen LogP contribution in [0.15, 0.2) is 41.1 Å². The zero-order valence-corrected chi connectivity index (χ0v) is 14.6. The van der Waals surface area contributed by atoms with Crippen molar-refractivity contribution in [2.24, 2.45) is 0 Å². The predicted octanol–water partition coefficient (Wildman–Crippen LogP) is 2.53. The highest BCUT2D eigenvalue weighted by Crippen LogP contribution is 2.28. The topological polar surface area (TPSA) is 64.6 Å². The Hall–Kier alpha value is -2.05. The lowest BCUT2D eigenvalue weighted by molar-refractivity contribution is 0.173. The average molecular weight is 345 g/mol. The Morgan fingerprint density at radius 1 is 1.29 bits per heavy atom. The van der Waals surface area contributed by atoms with E-state index in [-0.39, 0.29) is 18.6 Å². The maximum Gasteiger partial charge on any atom is 0.314 e. The van der Waals surface area contributed by atoms with Gasteiger partial charge < -0.3 is 20.6 Å². The lowest BCUT2D eigenvalue weighted by atomic mass is 10.2. The molecule has 5 nitrogen and oxygen atoms in total. The molecule has 0 saturated carbocycles. The minimum Gasteiger partial charge on any atom is -0.387 e. The van der Waals surface area contributed by atoms with Crippen LogP contribution in [-0.2, 0) is 6.42 Å². The number of aliphatic hydroxyl groups excluding tert-OH is 1. The number of carbonyl (C=O) groups excluding carboxylic acids is 1. The van der Waals surface area contributed by atoms with Gasteiger partial charge in [0.05, 0.1) is 6.10 Å². The van der Waals surface area contributed by atoms with Crippen LogP contribution in [-0.4, -0.2) is 36.8 Å². The van der Waals surface area contributed by atoms with Gasteiger partial charge in [0.15, 0.2) is 0 Å². The van der Waals surface area contributed by atoms with Gasteiger partial charge in [0.25, 0.3) is 0 Å². The fraction of sp³-hybridized carbons (Fsp3) is 0.389. The number of nitrogens with zero attached hydrogens (tertiary/aromatic N) is 1. The number of aliphatic hydroxyl groups is 1. The van der Waals surface area contributed by atoms with E-state index < -0.39 is 6.10 Å². The smallest absolute Gasteiger partial charge is 0.314 e. The van der Waals surface area contributed by atoms with E-state index in [4.69, 9.17) is 0 Å². The number of anilines is 1. The minimum absolute atomic E-state index is 0.212. The summed E-state index contributed by atoms with van der Waals surface area (Å²) in [7, 11) is 0. The number of nitrogens with one attached hydrogen (secondary N) is 2. The van der Waals surface area contributed by atoms with Gasteiger partial charge in [-0.15, -0.1) is 0 Å². The highest BCUT2D eigenvalue weighted by Gasteiger charge is 2.23. The van der Waals surface area contributed by atoms with Crippen molar-refractivity contribution in [2.75, 3.05) is 24.5 Å². The number of hydrogen-bond acceptors (Lipinski definition) is 4. The summed E-state index contributed by atoms with van der Waals surface area (Å²) >= 11 is 1.53. The van der Waals surface area contributed by atoms with E-state index in [1.165, 1.54) is 22.6 Å². The SMILES string of the molecule is CC(CNC(=O)NCC(O)c1ccsc1)N1CCc2ccccc21. The fourth-order valence-corrected chi connectivity index (χ4v) is 3.71. The van der Waals surface area contributed by atoms with Crippen molar-refractivity contribution in [3.8, 4) is 0 Å². The van der Waals surface area contributed by atoms with Crippen LogP contribution in [0, 0.1) is 0 Å². The largest absolute Gasteiger partial charge is 0.387 e. The van der Waals surface area contributed by atoms with Crippen LogP contribution in [0.5, 0.6) is 0 Å². The van der Waals surface area contributed by atoms with Crippen LogP contribution in [0.1, 0.15) is 24.2 Å². The number of para-hydroxylation sites is 1. The third-order valence-electron chi connectivity index (χ3n) is 4.40. The third kappa shape index (κ3) is 3.88. The summed E-state index contributed by atoms with van der Waals surface area (Å²) in [6, 6.07) is 10.3. The first-order valence-electron chi connectivity index (χ1n) is 8.21. The zero-order valence-electron chi connectivity index (χ0n) is 13.7. The second-order valence-corrected chi connectivity index (χ2v) is 6.86. The van der Waals surface area contributed by atoms with Crippen molar-refractivity contribution in [1.29, 1.82) is 0 Å². The maximum atomic E-state index is 11.9. The third-order valence-corrected chi connectivity index (χ3v) is 5.10. The second kappa shape index (κ2) is 7.68. The number of hydrogen-bond donors (Lipinski definition) is 3. The molecule has 0 spiro atoms. The van der Waals surface area contributed by atoms with Crippen molar-refractivity contribution in [1.82, 2.24) is 10.6 Å². The summed E-state index contributed by atoms with van der Waals surface area (Å²) in [6.45, 7) is 3.88. The van der Waals surface area contributed by atoms with Crippen LogP contribution in [0.2, 0.25) is 0 Å². The minimum atomic E-state index is -0.662. The number of thiophene rings is 1. The van der Waals surface area contributed by atoms with Crippen LogP contribution >= 0.6 is 11.3 Å². The zero-order chi connectivity index (χ0) is 16.9. The number of urea groups is 1. The number of fused-ring (bicyclic) bond motifs is 1. The van der Waals surface area contributed by atoms with E-state index >= 15 is 0 Å². The Morgan fingerprint density at radius 2 is 2.08 bits per heavy atom. The van der Waals surface area contributed by atoms with E-state index in [1.807, 2.05) is 16.8 Å². The summed E-state index contributed by atoms with van der Waals surface area (Å²) < 4.78 is 0. The van der Waals surface area contributed by atoms with E-state index in [0.717, 1.165) is 18.5 Å². The van der Waals surface area contributed by atoms with Gasteiger partial charge in [-0.2, -0.15) is 11.3 Å². The lowest BCUT2D eigenvalue weighted by Gasteiger charge is -2.27. The lowest BCUT2D eigenvalue weighted by Crippen LogP contribution is -2.45. The number of carbonyl (C=O) groups is 1. The quantitative estimate of drug-likeness (QED) is 0.754. The predicted molar refractivity (Wildman–Crippen MR) is 97.6 cm³/mol. The van der Waals surface area contributed by atoms with Gasteiger partial charge in [-0.3, -0.25) is 0 Å². The van der Waals surface area contributed by atoms with Gasteiger partial charge in [0.1, 0.15) is 0 Å². The average Bonchev–Trinajstić information content (AvgIpc) is 3.26. The molecule has 0 fully saturated rings. The summed E-state index contributed by atoms with van der Waals surface area (Å²) in [5, 5.41) is 19.4. The number of amides is 2. The molecular formula is C18H23N3O2S. The van der Waals surface area contributed by atoms with Crippen molar-refractivity contribution < 1.29 is 9.90 Å². The Bertz CT molecular complexity index is 675. The molecule has 2 heterocycles. The molecular weight excluding hydrogens is 322 g/mol. The molecule has 2 amide bonds. The van der Waals surface area contributed by atoms with Crippen molar-refractivity contribution in [3.05, 3.63) is 52.2 Å². The van der Waals surface area contributed by atoms with Gasteiger partial charge in [0, 0.05) is 31.4 Å². The molecule has 6 heteroatoms. The van der Waals surface area contributed by atoms with Crippen molar-refractivity contribution >= 4 is 23.1 Å². The molecule has 3 N–H and O–H groups in total. The molecule has 2 atom stereocenters. The van der Waals surface area contributed by atoms with E-state index in [9.17, 15) is 9.90 Å². The normalized spacial score (nSPS) is 15.7. The van der Waals surface area contributed by atoms with Crippen LogP contribution < -0.4 is 15.5 Å². The summed E-state index contributed by atoms with van der Waals surface area (Å²) in [5.74, 6) is 0. The molecule has 128 valence electrons. The van der Waals surface area contributed by atoms with E-state index in [0.29, 0.717) is 6.54 Å². The Morgan fingerprint density at radius 3 is 2.88 bits per heavy atom.